The number of rotatable bonds is 6. The van der Waals surface area contributed by atoms with Crippen LogP contribution in [0.25, 0.3) is 0 Å². The Labute approximate surface area is 122 Å². The van der Waals surface area contributed by atoms with Crippen LogP contribution in [0.15, 0.2) is 46.2 Å². The summed E-state index contributed by atoms with van der Waals surface area (Å²) in [6, 6.07) is 9.41. The number of amides is 1. The Kier molecular flexibility index (Phi) is 4.46. The van der Waals surface area contributed by atoms with Gasteiger partial charge in [-0.15, -0.1) is 0 Å². The third-order valence-electron chi connectivity index (χ3n) is 3.12. The number of nitrogens with two attached hydrogens (primary N) is 1. The predicted molar refractivity (Wildman–Crippen MR) is 78.3 cm³/mol. The van der Waals surface area contributed by atoms with Crippen molar-refractivity contribution in [2.75, 3.05) is 12.8 Å². The summed E-state index contributed by atoms with van der Waals surface area (Å²) in [5, 5.41) is 3.57. The number of hydrogen-bond acceptors (Lipinski definition) is 5. The number of thioether (sulfide) groups is 1. The lowest BCUT2D eigenvalue weighted by molar-refractivity contribution is -0.123. The molecule has 0 spiro atoms. The Morgan fingerprint density at radius 2 is 2.15 bits per heavy atom. The first-order chi connectivity index (χ1) is 9.58. The number of benzene rings is 1. The van der Waals surface area contributed by atoms with Gasteiger partial charge in [0.25, 0.3) is 5.22 Å². The lowest BCUT2D eigenvalue weighted by Crippen LogP contribution is -2.53. The van der Waals surface area contributed by atoms with E-state index >= 15 is 0 Å². The second kappa shape index (κ2) is 6.11. The Morgan fingerprint density at radius 1 is 1.45 bits per heavy atom. The average Bonchev–Trinajstić information content (AvgIpc) is 2.87. The van der Waals surface area contributed by atoms with Gasteiger partial charge in [0.2, 0.25) is 5.91 Å². The molecule has 0 aliphatic heterocycles. The third-order valence-corrected chi connectivity index (χ3v) is 4.14. The average molecular weight is 291 g/mol. The lowest BCUT2D eigenvalue weighted by Gasteiger charge is -2.29. The minimum atomic E-state index is -0.950. The van der Waals surface area contributed by atoms with E-state index in [2.05, 4.69) is 10.3 Å². The van der Waals surface area contributed by atoms with Crippen LogP contribution in [0.2, 0.25) is 0 Å². The van der Waals surface area contributed by atoms with E-state index < -0.39 is 11.4 Å². The first-order valence-electron chi connectivity index (χ1n) is 6.18. The van der Waals surface area contributed by atoms with Crippen LogP contribution in [0.4, 0.5) is 0 Å². The summed E-state index contributed by atoms with van der Waals surface area (Å²) in [5.74, 6) is -0.0232. The van der Waals surface area contributed by atoms with Gasteiger partial charge in [0.15, 0.2) is 0 Å². The molecule has 20 heavy (non-hydrogen) atoms. The van der Waals surface area contributed by atoms with Gasteiger partial charge in [0.1, 0.15) is 11.8 Å². The molecule has 1 aromatic carbocycles. The van der Waals surface area contributed by atoms with Crippen LogP contribution in [0, 0.1) is 6.92 Å². The van der Waals surface area contributed by atoms with Crippen LogP contribution in [0.1, 0.15) is 11.3 Å². The van der Waals surface area contributed by atoms with Crippen molar-refractivity contribution in [3.8, 4) is 0 Å². The second-order valence-corrected chi connectivity index (χ2v) is 5.36. The van der Waals surface area contributed by atoms with Crippen molar-refractivity contribution in [1.29, 1.82) is 0 Å². The Balaban J connectivity index is 2.26. The molecule has 1 unspecified atom stereocenters. The molecule has 0 aliphatic carbocycles. The first-order valence-corrected chi connectivity index (χ1v) is 7.16. The molecule has 0 saturated carbocycles. The van der Waals surface area contributed by atoms with Crippen molar-refractivity contribution in [2.24, 2.45) is 5.73 Å². The third kappa shape index (κ3) is 2.86. The second-order valence-electron chi connectivity index (χ2n) is 4.43. The van der Waals surface area contributed by atoms with E-state index in [4.69, 9.17) is 10.2 Å². The number of aryl methyl sites for hydroxylation is 1. The van der Waals surface area contributed by atoms with E-state index in [1.807, 2.05) is 37.3 Å². The van der Waals surface area contributed by atoms with Crippen molar-refractivity contribution in [3.63, 3.8) is 0 Å². The zero-order chi connectivity index (χ0) is 14.6. The molecule has 2 aromatic rings. The molecule has 1 aromatic heterocycles. The summed E-state index contributed by atoms with van der Waals surface area (Å²) < 4.78 is 5.29. The molecule has 2 rings (SSSR count). The summed E-state index contributed by atoms with van der Waals surface area (Å²) in [4.78, 5) is 16.2. The van der Waals surface area contributed by atoms with Crippen LogP contribution in [0.3, 0.4) is 0 Å². The molecule has 0 saturated heterocycles. The molecule has 6 heteroatoms. The highest BCUT2D eigenvalue weighted by Crippen LogP contribution is 2.29. The van der Waals surface area contributed by atoms with Gasteiger partial charge in [0.05, 0.1) is 5.69 Å². The van der Waals surface area contributed by atoms with Gasteiger partial charge in [0, 0.05) is 5.75 Å². The molecular weight excluding hydrogens is 274 g/mol. The zero-order valence-electron chi connectivity index (χ0n) is 11.4. The van der Waals surface area contributed by atoms with Crippen LogP contribution < -0.4 is 11.1 Å². The van der Waals surface area contributed by atoms with Gasteiger partial charge in [-0.05, 0) is 19.5 Å². The van der Waals surface area contributed by atoms with Crippen molar-refractivity contribution >= 4 is 17.7 Å². The smallest absolute Gasteiger partial charge is 0.255 e. The monoisotopic (exact) mass is 291 g/mol. The Bertz CT molecular complexity index is 585. The lowest BCUT2D eigenvalue weighted by atomic mass is 9.91. The van der Waals surface area contributed by atoms with Crippen LogP contribution >= 0.6 is 11.8 Å². The van der Waals surface area contributed by atoms with Crippen molar-refractivity contribution < 1.29 is 9.21 Å². The van der Waals surface area contributed by atoms with Crippen LogP contribution in [0.5, 0.6) is 0 Å². The standard InChI is InChI=1S/C14H17N3O2S/c1-10-8-19-13(17-10)20-9-14(16-2,12(15)18)11-6-4-3-5-7-11/h3-8,16H,9H2,1-2H3,(H2,15,18). The van der Waals surface area contributed by atoms with Crippen LogP contribution in [-0.2, 0) is 10.3 Å². The maximum atomic E-state index is 12.0. The quantitative estimate of drug-likeness (QED) is 0.791. The maximum absolute atomic E-state index is 12.0. The van der Waals surface area contributed by atoms with E-state index in [-0.39, 0.29) is 0 Å². The number of nitrogens with one attached hydrogen (secondary N) is 1. The summed E-state index contributed by atoms with van der Waals surface area (Å²) in [6.45, 7) is 1.85. The fourth-order valence-corrected chi connectivity index (χ4v) is 3.05. The van der Waals surface area contributed by atoms with Gasteiger partial charge in [-0.25, -0.2) is 4.98 Å². The summed E-state index contributed by atoms with van der Waals surface area (Å²) in [7, 11) is 1.72. The van der Waals surface area contributed by atoms with E-state index in [1.54, 1.807) is 13.3 Å². The van der Waals surface area contributed by atoms with Gasteiger partial charge < -0.3 is 15.5 Å². The van der Waals surface area contributed by atoms with Gasteiger partial charge in [-0.1, -0.05) is 42.1 Å². The predicted octanol–water partition coefficient (Wildman–Crippen LogP) is 1.68. The highest BCUT2D eigenvalue weighted by Gasteiger charge is 2.37. The molecule has 1 heterocycles. The molecule has 5 nitrogen and oxygen atoms in total. The first kappa shape index (κ1) is 14.6. The van der Waals surface area contributed by atoms with Crippen molar-refractivity contribution in [3.05, 3.63) is 47.9 Å². The number of hydrogen-bond donors (Lipinski definition) is 2. The van der Waals surface area contributed by atoms with Crippen LogP contribution in [-0.4, -0.2) is 23.7 Å². The number of carbonyl (C=O) groups excluding carboxylic acids is 1. The summed E-state index contributed by atoms with van der Waals surface area (Å²) in [6.07, 6.45) is 1.58. The number of likely N-dealkylation sites (N-methyl/N-ethyl adjacent to an activating group) is 1. The number of primary amides is 1. The van der Waals surface area contributed by atoms with Crippen molar-refractivity contribution in [2.45, 2.75) is 17.7 Å². The molecule has 106 valence electrons. The van der Waals surface area contributed by atoms with E-state index in [0.29, 0.717) is 11.0 Å². The highest BCUT2D eigenvalue weighted by atomic mass is 32.2. The fraction of sp³-hybridized carbons (Fsp3) is 0.286. The molecular formula is C14H17N3O2S. The molecule has 1 amide bonds. The zero-order valence-corrected chi connectivity index (χ0v) is 12.2. The normalized spacial score (nSPS) is 13.9. The SMILES string of the molecule is CNC(CSc1nc(C)co1)(C(N)=O)c1ccccc1. The number of aromatic nitrogens is 1. The topological polar surface area (TPSA) is 81.2 Å². The fourth-order valence-electron chi connectivity index (χ4n) is 1.93. The Hall–Kier alpha value is -1.79. The van der Waals surface area contributed by atoms with Crippen molar-refractivity contribution in [1.82, 2.24) is 10.3 Å². The number of carbonyl (C=O) groups is 1. The van der Waals surface area contributed by atoms with Gasteiger partial charge in [-0.3, -0.25) is 4.79 Å². The molecule has 0 fully saturated rings. The van der Waals surface area contributed by atoms with E-state index in [0.717, 1.165) is 11.3 Å². The highest BCUT2D eigenvalue weighted by molar-refractivity contribution is 7.99. The minimum absolute atomic E-state index is 0.406. The summed E-state index contributed by atoms with van der Waals surface area (Å²) >= 11 is 1.35. The number of nitrogens with zero attached hydrogens (tertiary/aromatic N) is 1. The van der Waals surface area contributed by atoms with E-state index in [9.17, 15) is 4.79 Å². The molecule has 1 atom stereocenters. The molecule has 0 bridgehead atoms. The van der Waals surface area contributed by atoms with E-state index in [1.165, 1.54) is 11.8 Å². The molecule has 0 aliphatic rings. The van der Waals surface area contributed by atoms with Gasteiger partial charge in [-0.2, -0.15) is 0 Å². The molecule has 0 radical (unpaired) electrons. The number of oxazole rings is 1. The Morgan fingerprint density at radius 3 is 2.65 bits per heavy atom. The largest absolute Gasteiger partial charge is 0.440 e. The minimum Gasteiger partial charge on any atom is -0.440 e. The summed E-state index contributed by atoms with van der Waals surface area (Å²) in [5.41, 5.74) is 6.30. The van der Waals surface area contributed by atoms with Gasteiger partial charge >= 0.3 is 0 Å². The molecule has 3 N–H and O–H groups in total. The maximum Gasteiger partial charge on any atom is 0.255 e.